The maximum Gasteiger partial charge on any atom is 0.238 e. The summed E-state index contributed by atoms with van der Waals surface area (Å²) in [6.07, 6.45) is 5.77. The molecule has 0 unspecified atom stereocenters. The van der Waals surface area contributed by atoms with Gasteiger partial charge in [-0.15, -0.1) is 0 Å². The Morgan fingerprint density at radius 2 is 1.70 bits per heavy atom. The number of nitrogens with zero attached hydrogens (tertiary/aromatic N) is 7. The van der Waals surface area contributed by atoms with E-state index >= 15 is 0 Å². The highest BCUT2D eigenvalue weighted by Crippen LogP contribution is 2.28. The van der Waals surface area contributed by atoms with Gasteiger partial charge in [-0.25, -0.2) is 0 Å². The second-order valence-corrected chi connectivity index (χ2v) is 7.70. The Bertz CT molecular complexity index is 935. The molecule has 0 amide bonds. The molecule has 0 N–H and O–H groups in total. The lowest BCUT2D eigenvalue weighted by atomic mass is 9.94. The molecule has 1 aromatic heterocycles. The fourth-order valence-electron chi connectivity index (χ4n) is 4.07. The number of ether oxygens (including phenoxy) is 1. The Morgan fingerprint density at radius 1 is 0.967 bits per heavy atom. The van der Waals surface area contributed by atoms with Gasteiger partial charge in [-0.2, -0.15) is 25.5 Å². The van der Waals surface area contributed by atoms with Gasteiger partial charge in [0.05, 0.1) is 24.8 Å². The number of hydrogen-bond donors (Lipinski definition) is 0. The number of hydrogen-bond acceptors (Lipinski definition) is 8. The van der Waals surface area contributed by atoms with Crippen molar-refractivity contribution in [3.63, 3.8) is 0 Å². The van der Waals surface area contributed by atoms with Gasteiger partial charge in [0.2, 0.25) is 17.7 Å². The molecular formula is C22H25N7O. The summed E-state index contributed by atoms with van der Waals surface area (Å²) in [5, 5.41) is 18.6. The average molecular weight is 403 g/mol. The van der Waals surface area contributed by atoms with Crippen LogP contribution in [0.15, 0.2) is 24.3 Å². The van der Waals surface area contributed by atoms with Crippen molar-refractivity contribution in [2.75, 3.05) is 36.1 Å². The molecule has 8 heteroatoms. The minimum atomic E-state index is 0.141. The molecule has 2 heterocycles. The van der Waals surface area contributed by atoms with E-state index in [9.17, 15) is 5.26 Å². The standard InChI is InChI=1S/C22H25N7O/c23-14-17-6-8-18(9-7-17)16-29(19-4-2-1-3-5-19)22-26-20(15-24)25-21(27-22)28-10-12-30-13-11-28/h6-9,19H,1-5,10-13,16H2. The van der Waals surface area contributed by atoms with Gasteiger partial charge in [0, 0.05) is 25.7 Å². The molecule has 2 aromatic rings. The highest BCUT2D eigenvalue weighted by atomic mass is 16.5. The van der Waals surface area contributed by atoms with Crippen LogP contribution < -0.4 is 9.80 Å². The molecule has 2 fully saturated rings. The highest BCUT2D eigenvalue weighted by molar-refractivity contribution is 5.43. The molecule has 154 valence electrons. The van der Waals surface area contributed by atoms with Crippen LogP contribution in [0, 0.1) is 22.7 Å². The van der Waals surface area contributed by atoms with Crippen molar-refractivity contribution in [1.82, 2.24) is 15.0 Å². The van der Waals surface area contributed by atoms with Crippen LogP contribution in [0.4, 0.5) is 11.9 Å². The van der Waals surface area contributed by atoms with Crippen LogP contribution in [0.1, 0.15) is 49.1 Å². The lowest BCUT2D eigenvalue weighted by Crippen LogP contribution is -2.40. The quantitative estimate of drug-likeness (QED) is 0.751. The normalized spacial score (nSPS) is 17.2. The number of rotatable bonds is 5. The number of aromatic nitrogens is 3. The number of benzene rings is 1. The zero-order valence-corrected chi connectivity index (χ0v) is 17.0. The molecule has 0 atom stereocenters. The first-order valence-electron chi connectivity index (χ1n) is 10.5. The molecule has 0 spiro atoms. The lowest BCUT2D eigenvalue weighted by molar-refractivity contribution is 0.122. The van der Waals surface area contributed by atoms with E-state index in [4.69, 9.17) is 15.0 Å². The Kier molecular flexibility index (Phi) is 6.36. The van der Waals surface area contributed by atoms with E-state index < -0.39 is 0 Å². The van der Waals surface area contributed by atoms with Crippen LogP contribution in [0.5, 0.6) is 0 Å². The van der Waals surface area contributed by atoms with Crippen molar-refractivity contribution in [1.29, 1.82) is 10.5 Å². The molecule has 0 bridgehead atoms. The number of nitriles is 2. The monoisotopic (exact) mass is 403 g/mol. The number of anilines is 2. The predicted octanol–water partition coefficient (Wildman–Crippen LogP) is 2.79. The summed E-state index contributed by atoms with van der Waals surface area (Å²) in [6.45, 7) is 3.29. The van der Waals surface area contributed by atoms with E-state index in [1.165, 1.54) is 19.3 Å². The van der Waals surface area contributed by atoms with Gasteiger partial charge in [-0.1, -0.05) is 31.4 Å². The Labute approximate surface area is 176 Å². The van der Waals surface area contributed by atoms with E-state index in [2.05, 4.69) is 31.9 Å². The summed E-state index contributed by atoms with van der Waals surface area (Å²) >= 11 is 0. The molecule has 1 saturated carbocycles. The minimum absolute atomic E-state index is 0.141. The molecule has 1 saturated heterocycles. The number of morpholine rings is 1. The maximum atomic E-state index is 9.53. The fraction of sp³-hybridized carbons (Fsp3) is 0.500. The Hall–Kier alpha value is -3.23. The summed E-state index contributed by atoms with van der Waals surface area (Å²) in [5.74, 6) is 1.24. The summed E-state index contributed by atoms with van der Waals surface area (Å²) < 4.78 is 5.44. The van der Waals surface area contributed by atoms with E-state index in [0.717, 1.165) is 18.4 Å². The average Bonchev–Trinajstić information content (AvgIpc) is 2.83. The molecule has 0 radical (unpaired) electrons. The largest absolute Gasteiger partial charge is 0.378 e. The minimum Gasteiger partial charge on any atom is -0.378 e. The van der Waals surface area contributed by atoms with Gasteiger partial charge < -0.3 is 14.5 Å². The van der Waals surface area contributed by atoms with Crippen molar-refractivity contribution in [3.05, 3.63) is 41.2 Å². The van der Waals surface area contributed by atoms with Gasteiger partial charge in [-0.3, -0.25) is 0 Å². The Balaban J connectivity index is 1.68. The van der Waals surface area contributed by atoms with Gasteiger partial charge >= 0.3 is 0 Å². The second kappa shape index (κ2) is 9.51. The second-order valence-electron chi connectivity index (χ2n) is 7.70. The molecule has 4 rings (SSSR count). The smallest absolute Gasteiger partial charge is 0.238 e. The molecule has 30 heavy (non-hydrogen) atoms. The first-order chi connectivity index (χ1) is 14.8. The van der Waals surface area contributed by atoms with Crippen LogP contribution in [0.3, 0.4) is 0 Å². The molecule has 1 aliphatic carbocycles. The molecular weight excluding hydrogens is 378 g/mol. The first kappa shape index (κ1) is 20.1. The highest BCUT2D eigenvalue weighted by Gasteiger charge is 2.26. The van der Waals surface area contributed by atoms with Gasteiger partial charge in [0.15, 0.2) is 0 Å². The van der Waals surface area contributed by atoms with Gasteiger partial charge in [0.25, 0.3) is 0 Å². The lowest BCUT2D eigenvalue weighted by Gasteiger charge is -2.35. The van der Waals surface area contributed by atoms with E-state index in [1.54, 1.807) is 0 Å². The molecule has 8 nitrogen and oxygen atoms in total. The molecule has 2 aliphatic rings. The van der Waals surface area contributed by atoms with Crippen molar-refractivity contribution < 1.29 is 4.74 Å². The van der Waals surface area contributed by atoms with Crippen molar-refractivity contribution in [2.45, 2.75) is 44.7 Å². The third-order valence-electron chi connectivity index (χ3n) is 5.71. The summed E-state index contributed by atoms with van der Waals surface area (Å²) in [7, 11) is 0. The maximum absolute atomic E-state index is 9.53. The topological polar surface area (TPSA) is 102 Å². The first-order valence-corrected chi connectivity index (χ1v) is 10.5. The zero-order chi connectivity index (χ0) is 20.8. The molecule has 1 aliphatic heterocycles. The SMILES string of the molecule is N#Cc1ccc(CN(c2nc(C#N)nc(N3CCOCC3)n2)C2CCCCC2)cc1. The van der Waals surface area contributed by atoms with Gasteiger partial charge in [-0.05, 0) is 30.5 Å². The Morgan fingerprint density at radius 3 is 2.37 bits per heavy atom. The zero-order valence-electron chi connectivity index (χ0n) is 17.0. The third-order valence-corrected chi connectivity index (χ3v) is 5.71. The van der Waals surface area contributed by atoms with Gasteiger partial charge in [0.1, 0.15) is 6.07 Å². The molecule has 1 aromatic carbocycles. The third kappa shape index (κ3) is 4.67. The van der Waals surface area contributed by atoms with Crippen LogP contribution in [-0.4, -0.2) is 47.3 Å². The van der Waals surface area contributed by atoms with Crippen molar-refractivity contribution in [3.8, 4) is 12.1 Å². The van der Waals surface area contributed by atoms with Crippen LogP contribution in [-0.2, 0) is 11.3 Å². The van der Waals surface area contributed by atoms with E-state index in [1.807, 2.05) is 24.3 Å². The summed E-state index contributed by atoms with van der Waals surface area (Å²) in [5.41, 5.74) is 1.73. The van der Waals surface area contributed by atoms with Crippen LogP contribution in [0.2, 0.25) is 0 Å². The summed E-state index contributed by atoms with van der Waals surface area (Å²) in [4.78, 5) is 17.9. The van der Waals surface area contributed by atoms with E-state index in [-0.39, 0.29) is 5.82 Å². The van der Waals surface area contributed by atoms with Crippen molar-refractivity contribution in [2.24, 2.45) is 0 Å². The van der Waals surface area contributed by atoms with Crippen molar-refractivity contribution >= 4 is 11.9 Å². The van der Waals surface area contributed by atoms with Crippen LogP contribution in [0.25, 0.3) is 0 Å². The predicted molar refractivity (Wildman–Crippen MR) is 112 cm³/mol. The fourth-order valence-corrected chi connectivity index (χ4v) is 4.07. The van der Waals surface area contributed by atoms with E-state index in [0.29, 0.717) is 56.4 Å². The van der Waals surface area contributed by atoms with Crippen LogP contribution >= 0.6 is 0 Å². The summed E-state index contributed by atoms with van der Waals surface area (Å²) in [6, 6.07) is 12.2.